The molecular weight excluding hydrogens is 198 g/mol. The zero-order chi connectivity index (χ0) is 10.8. The number of fused-ring (bicyclic) bond motifs is 2. The summed E-state index contributed by atoms with van der Waals surface area (Å²) in [5, 5.41) is 3.20. The SMILES string of the molecule is C[C@@H]1N[C@H]2C(=O)O[C@@H]1[C@H]1OC(C)(C)O[C@H]12. The second kappa shape index (κ2) is 2.72. The van der Waals surface area contributed by atoms with Gasteiger partial charge in [0, 0.05) is 6.04 Å². The summed E-state index contributed by atoms with van der Waals surface area (Å²) in [7, 11) is 0. The van der Waals surface area contributed by atoms with Gasteiger partial charge in [-0.2, -0.15) is 0 Å². The van der Waals surface area contributed by atoms with Crippen LogP contribution in [-0.2, 0) is 19.0 Å². The average Bonchev–Trinajstić information content (AvgIpc) is 2.44. The number of carbonyl (C=O) groups is 1. The highest BCUT2D eigenvalue weighted by Gasteiger charge is 2.60. The largest absolute Gasteiger partial charge is 0.457 e. The molecule has 0 saturated carbocycles. The third-order valence-electron chi connectivity index (χ3n) is 3.26. The zero-order valence-electron chi connectivity index (χ0n) is 9.02. The number of nitrogens with one attached hydrogen (secondary N) is 1. The van der Waals surface area contributed by atoms with Crippen LogP contribution >= 0.6 is 0 Å². The van der Waals surface area contributed by atoms with Crippen molar-refractivity contribution in [3.63, 3.8) is 0 Å². The molecule has 4 aliphatic rings. The summed E-state index contributed by atoms with van der Waals surface area (Å²) in [6.45, 7) is 5.72. The predicted octanol–water partition coefficient (Wildman–Crippen LogP) is -0.208. The summed E-state index contributed by atoms with van der Waals surface area (Å²) in [4.78, 5) is 11.5. The number of hydrogen-bond donors (Lipinski definition) is 1. The number of esters is 1. The highest BCUT2D eigenvalue weighted by atomic mass is 16.8. The van der Waals surface area contributed by atoms with E-state index >= 15 is 0 Å². The van der Waals surface area contributed by atoms with Crippen LogP contribution in [0.15, 0.2) is 0 Å². The van der Waals surface area contributed by atoms with Crippen LogP contribution in [0, 0.1) is 0 Å². The predicted molar refractivity (Wildman–Crippen MR) is 50.1 cm³/mol. The lowest BCUT2D eigenvalue weighted by molar-refractivity contribution is -0.188. The lowest BCUT2D eigenvalue weighted by atomic mass is 9.88. The number of piperidine rings is 1. The van der Waals surface area contributed by atoms with E-state index in [4.69, 9.17) is 14.2 Å². The minimum absolute atomic E-state index is 0.126. The Bertz CT molecular complexity index is 317. The van der Waals surface area contributed by atoms with Gasteiger partial charge in [-0.1, -0.05) is 0 Å². The first kappa shape index (κ1) is 9.57. The number of morpholine rings is 1. The molecule has 0 aromatic rings. The lowest BCUT2D eigenvalue weighted by Gasteiger charge is -2.45. The lowest BCUT2D eigenvalue weighted by Crippen LogP contribution is -2.71. The van der Waals surface area contributed by atoms with Gasteiger partial charge in [-0.3, -0.25) is 10.1 Å². The Morgan fingerprint density at radius 3 is 2.60 bits per heavy atom. The molecular formula is C10H15NO4. The van der Waals surface area contributed by atoms with Gasteiger partial charge in [0.15, 0.2) is 5.79 Å². The number of hydrogen-bond acceptors (Lipinski definition) is 5. The van der Waals surface area contributed by atoms with E-state index in [0.717, 1.165) is 0 Å². The van der Waals surface area contributed by atoms with Crippen molar-refractivity contribution >= 4 is 5.97 Å². The van der Waals surface area contributed by atoms with Gasteiger partial charge in [0.25, 0.3) is 0 Å². The van der Waals surface area contributed by atoms with Crippen molar-refractivity contribution in [2.45, 2.75) is 57.0 Å². The van der Waals surface area contributed by atoms with E-state index in [1.54, 1.807) is 0 Å². The van der Waals surface area contributed by atoms with Crippen LogP contribution in [0.3, 0.4) is 0 Å². The third-order valence-corrected chi connectivity index (χ3v) is 3.26. The molecule has 0 unspecified atom stereocenters. The van der Waals surface area contributed by atoms with Crippen molar-refractivity contribution in [1.29, 1.82) is 0 Å². The van der Waals surface area contributed by atoms with Crippen LogP contribution in [0.5, 0.6) is 0 Å². The Morgan fingerprint density at radius 1 is 1.20 bits per heavy atom. The van der Waals surface area contributed by atoms with Gasteiger partial charge in [0.2, 0.25) is 0 Å². The van der Waals surface area contributed by atoms with Gasteiger partial charge < -0.3 is 14.2 Å². The maximum atomic E-state index is 11.5. The molecule has 5 atom stereocenters. The fourth-order valence-electron chi connectivity index (χ4n) is 2.67. The highest BCUT2D eigenvalue weighted by molar-refractivity contribution is 5.79. The van der Waals surface area contributed by atoms with E-state index in [9.17, 15) is 4.79 Å². The van der Waals surface area contributed by atoms with Gasteiger partial charge in [-0.25, -0.2) is 0 Å². The van der Waals surface area contributed by atoms with E-state index < -0.39 is 5.79 Å². The van der Waals surface area contributed by atoms with Crippen LogP contribution in [0.1, 0.15) is 20.8 Å². The summed E-state index contributed by atoms with van der Waals surface area (Å²) in [5.74, 6) is -0.841. The van der Waals surface area contributed by atoms with Crippen molar-refractivity contribution < 1.29 is 19.0 Å². The van der Waals surface area contributed by atoms with Gasteiger partial charge in [-0.15, -0.1) is 0 Å². The summed E-state index contributed by atoms with van der Waals surface area (Å²) in [5.41, 5.74) is 0. The molecule has 0 aromatic carbocycles. The van der Waals surface area contributed by atoms with Crippen molar-refractivity contribution in [2.24, 2.45) is 0 Å². The first-order chi connectivity index (χ1) is 6.98. The Morgan fingerprint density at radius 2 is 1.87 bits per heavy atom. The second-order valence-electron chi connectivity index (χ2n) is 4.90. The topological polar surface area (TPSA) is 56.8 Å². The summed E-state index contributed by atoms with van der Waals surface area (Å²) in [6.07, 6.45) is -0.560. The second-order valence-corrected chi connectivity index (χ2v) is 4.90. The summed E-state index contributed by atoms with van der Waals surface area (Å²) in [6, 6.07) is -0.247. The fourth-order valence-corrected chi connectivity index (χ4v) is 2.67. The molecule has 4 aliphatic heterocycles. The van der Waals surface area contributed by atoms with Crippen LogP contribution in [0.25, 0.3) is 0 Å². The maximum absolute atomic E-state index is 11.5. The minimum Gasteiger partial charge on any atom is -0.457 e. The smallest absolute Gasteiger partial charge is 0.326 e. The number of carbonyl (C=O) groups excluding carboxylic acids is 1. The molecule has 0 amide bonds. The Kier molecular flexibility index (Phi) is 1.74. The first-order valence-electron chi connectivity index (χ1n) is 5.30. The van der Waals surface area contributed by atoms with Crippen LogP contribution in [0.2, 0.25) is 0 Å². The van der Waals surface area contributed by atoms with E-state index in [1.165, 1.54) is 0 Å². The van der Waals surface area contributed by atoms with Gasteiger partial charge in [-0.05, 0) is 20.8 Å². The quantitative estimate of drug-likeness (QED) is 0.564. The van der Waals surface area contributed by atoms with Crippen LogP contribution in [0.4, 0.5) is 0 Å². The van der Waals surface area contributed by atoms with E-state index in [0.29, 0.717) is 0 Å². The molecule has 5 heteroatoms. The van der Waals surface area contributed by atoms with E-state index in [-0.39, 0.29) is 36.4 Å². The molecule has 5 nitrogen and oxygen atoms in total. The molecule has 1 N–H and O–H groups in total. The van der Waals surface area contributed by atoms with E-state index in [1.807, 2.05) is 20.8 Å². The molecule has 4 rings (SSSR count). The standard InChI is InChI=1S/C10H15NO4/c1-4-6-8-7(14-10(2,3)15-8)5(11-4)9(12)13-6/h4-8,11H,1-3H3/t4-,5+,6-,7-,8+/m0/s1. The Balaban J connectivity index is 1.94. The van der Waals surface area contributed by atoms with Crippen LogP contribution in [-0.4, -0.2) is 42.2 Å². The monoisotopic (exact) mass is 213 g/mol. The van der Waals surface area contributed by atoms with E-state index in [2.05, 4.69) is 5.32 Å². The molecule has 4 saturated heterocycles. The van der Waals surface area contributed by atoms with Crippen molar-refractivity contribution in [1.82, 2.24) is 5.32 Å². The average molecular weight is 213 g/mol. The van der Waals surface area contributed by atoms with Crippen molar-refractivity contribution in [2.75, 3.05) is 0 Å². The molecule has 15 heavy (non-hydrogen) atoms. The molecule has 4 fully saturated rings. The Hall–Kier alpha value is -0.650. The first-order valence-corrected chi connectivity index (χ1v) is 5.30. The van der Waals surface area contributed by atoms with Crippen molar-refractivity contribution in [3.8, 4) is 0 Å². The summed E-state index contributed by atoms with van der Waals surface area (Å²) < 4.78 is 16.8. The maximum Gasteiger partial charge on any atom is 0.326 e. The summed E-state index contributed by atoms with van der Waals surface area (Å²) >= 11 is 0. The highest BCUT2D eigenvalue weighted by Crippen LogP contribution is 2.39. The Labute approximate surface area is 88.1 Å². The molecule has 84 valence electrons. The molecule has 4 heterocycles. The number of rotatable bonds is 0. The molecule has 0 aliphatic carbocycles. The molecule has 0 aromatic heterocycles. The van der Waals surface area contributed by atoms with Crippen LogP contribution < -0.4 is 5.32 Å². The third kappa shape index (κ3) is 1.23. The molecule has 2 bridgehead atoms. The minimum atomic E-state index is -0.619. The normalized spacial score (nSPS) is 51.4. The molecule has 0 spiro atoms. The fraction of sp³-hybridized carbons (Fsp3) is 0.900. The molecule has 0 radical (unpaired) electrons. The van der Waals surface area contributed by atoms with Crippen molar-refractivity contribution in [3.05, 3.63) is 0 Å². The van der Waals surface area contributed by atoms with Gasteiger partial charge >= 0.3 is 5.97 Å². The van der Waals surface area contributed by atoms with Gasteiger partial charge in [0.05, 0.1) is 0 Å². The zero-order valence-corrected chi connectivity index (χ0v) is 9.02. The number of ether oxygens (including phenoxy) is 3. The van der Waals surface area contributed by atoms with Gasteiger partial charge in [0.1, 0.15) is 24.4 Å².